The molecule has 2 rings (SSSR count). The third-order valence-electron chi connectivity index (χ3n) is 7.20. The number of rotatable bonds is 7. The summed E-state index contributed by atoms with van der Waals surface area (Å²) in [6.07, 6.45) is 5.06. The van der Waals surface area contributed by atoms with Gasteiger partial charge in [0, 0.05) is 11.1 Å². The summed E-state index contributed by atoms with van der Waals surface area (Å²) >= 11 is 0. The SMILES string of the molecule is [B]N(C(C)C)C(C)CC1[B]N(C(C)(C)CC2CCN(C(C)(C)C)B2C)CC1. The highest BCUT2D eigenvalue weighted by atomic mass is 15.2. The van der Waals surface area contributed by atoms with Crippen LogP contribution >= 0.6 is 0 Å². The molecule has 2 fully saturated rings. The van der Waals surface area contributed by atoms with Crippen molar-refractivity contribution in [3.05, 3.63) is 0 Å². The highest BCUT2D eigenvalue weighted by Crippen LogP contribution is 2.41. The zero-order valence-electron chi connectivity index (χ0n) is 19.6. The summed E-state index contributed by atoms with van der Waals surface area (Å²) in [7, 11) is 8.77. The smallest absolute Gasteiger partial charge is 0.223 e. The third kappa shape index (κ3) is 5.79. The summed E-state index contributed by atoms with van der Waals surface area (Å²) < 4.78 is 0. The molecule has 0 spiro atoms. The lowest BCUT2D eigenvalue weighted by atomic mass is 9.50. The van der Waals surface area contributed by atoms with E-state index in [1.165, 1.54) is 38.8 Å². The first-order valence-electron chi connectivity index (χ1n) is 11.2. The molecule has 0 N–H and O–H groups in total. The molecule has 6 heteroatoms. The van der Waals surface area contributed by atoms with E-state index in [9.17, 15) is 0 Å². The summed E-state index contributed by atoms with van der Waals surface area (Å²) in [6.45, 7) is 24.1. The van der Waals surface area contributed by atoms with Crippen LogP contribution in [0.2, 0.25) is 18.5 Å². The number of nitrogens with zero attached hydrogens (tertiary/aromatic N) is 3. The lowest BCUT2D eigenvalue weighted by molar-refractivity contribution is 0.224. The standard InChI is InChI=1S/C21H43B3N3/c1-16(2)27(22)17(3)14-18-10-12-25(23-18)21(7,8)15-19-11-13-26(24(19)9)20(4,5)6/h16-19H,10-15H2,1-9H3. The van der Waals surface area contributed by atoms with Crippen LogP contribution < -0.4 is 0 Å². The minimum absolute atomic E-state index is 0.241. The van der Waals surface area contributed by atoms with Gasteiger partial charge in [0.1, 0.15) is 0 Å². The minimum Gasteiger partial charge on any atom is -0.349 e. The van der Waals surface area contributed by atoms with Crippen LogP contribution in [-0.2, 0) is 0 Å². The van der Waals surface area contributed by atoms with E-state index >= 15 is 0 Å². The Labute approximate surface area is 172 Å². The fraction of sp³-hybridized carbons (Fsp3) is 1.00. The summed E-state index contributed by atoms with van der Waals surface area (Å²) in [5.74, 6) is 1.46. The normalized spacial score (nSPS) is 27.0. The van der Waals surface area contributed by atoms with Crippen molar-refractivity contribution in [2.24, 2.45) is 0 Å². The Bertz CT molecular complexity index is 478. The van der Waals surface area contributed by atoms with Crippen LogP contribution in [0.4, 0.5) is 0 Å². The van der Waals surface area contributed by atoms with Gasteiger partial charge in [0.2, 0.25) is 14.3 Å². The fourth-order valence-corrected chi connectivity index (χ4v) is 5.44. The van der Waals surface area contributed by atoms with Crippen molar-refractivity contribution < 1.29 is 0 Å². The van der Waals surface area contributed by atoms with Crippen LogP contribution in [0.3, 0.4) is 0 Å². The first-order chi connectivity index (χ1) is 12.3. The quantitative estimate of drug-likeness (QED) is 0.618. The molecule has 3 radical (unpaired) electrons. The molecule has 0 aliphatic carbocycles. The molecule has 3 unspecified atom stereocenters. The molecule has 2 saturated heterocycles. The Morgan fingerprint density at radius 2 is 1.74 bits per heavy atom. The second kappa shape index (κ2) is 8.84. The maximum Gasteiger partial charge on any atom is 0.223 e. The van der Waals surface area contributed by atoms with Crippen LogP contribution in [0.5, 0.6) is 0 Å². The van der Waals surface area contributed by atoms with Gasteiger partial charge in [0.05, 0.1) is 0 Å². The van der Waals surface area contributed by atoms with Gasteiger partial charge in [-0.2, -0.15) is 0 Å². The molecule has 3 atom stereocenters. The molecular formula is C21H43B3N3. The Morgan fingerprint density at radius 1 is 1.11 bits per heavy atom. The molecular weight excluding hydrogens is 327 g/mol. The molecule has 0 saturated carbocycles. The van der Waals surface area contributed by atoms with Crippen molar-refractivity contribution in [3.63, 3.8) is 0 Å². The maximum atomic E-state index is 6.23. The van der Waals surface area contributed by atoms with Crippen LogP contribution in [0.25, 0.3) is 0 Å². The number of hydrogen-bond donors (Lipinski definition) is 0. The summed E-state index contributed by atoms with van der Waals surface area (Å²) in [5.41, 5.74) is 0.523. The van der Waals surface area contributed by atoms with Gasteiger partial charge in [-0.15, -0.1) is 0 Å². The van der Waals surface area contributed by atoms with E-state index in [1.54, 1.807) is 0 Å². The van der Waals surface area contributed by atoms with E-state index in [4.69, 9.17) is 7.98 Å². The van der Waals surface area contributed by atoms with Gasteiger partial charge < -0.3 is 14.4 Å². The maximum absolute atomic E-state index is 6.23. The molecule has 0 amide bonds. The molecule has 2 aliphatic rings. The van der Waals surface area contributed by atoms with E-state index in [0.717, 1.165) is 5.82 Å². The summed E-state index contributed by atoms with van der Waals surface area (Å²) in [5, 5.41) is 0. The zero-order valence-corrected chi connectivity index (χ0v) is 19.6. The predicted octanol–water partition coefficient (Wildman–Crippen LogP) is 4.34. The lowest BCUT2D eigenvalue weighted by Gasteiger charge is -2.40. The van der Waals surface area contributed by atoms with Crippen molar-refractivity contribution >= 4 is 22.2 Å². The van der Waals surface area contributed by atoms with E-state index in [-0.39, 0.29) is 11.1 Å². The molecule has 3 nitrogen and oxygen atoms in total. The van der Waals surface area contributed by atoms with Gasteiger partial charge >= 0.3 is 0 Å². The van der Waals surface area contributed by atoms with Gasteiger partial charge in [-0.3, -0.25) is 0 Å². The minimum atomic E-state index is 0.241. The molecule has 0 aromatic heterocycles. The molecule has 151 valence electrons. The first kappa shape index (κ1) is 23.4. The summed E-state index contributed by atoms with van der Waals surface area (Å²) in [6, 6.07) is 0.841. The van der Waals surface area contributed by atoms with E-state index < -0.39 is 0 Å². The van der Waals surface area contributed by atoms with Crippen molar-refractivity contribution in [3.8, 4) is 0 Å². The molecule has 2 heterocycles. The zero-order chi connectivity index (χ0) is 20.6. The third-order valence-corrected chi connectivity index (χ3v) is 7.20. The average molecular weight is 370 g/mol. The molecule has 0 aromatic rings. The van der Waals surface area contributed by atoms with Gasteiger partial charge in [-0.05, 0) is 97.1 Å². The van der Waals surface area contributed by atoms with Crippen molar-refractivity contribution in [1.82, 2.24) is 14.4 Å². The highest BCUT2D eigenvalue weighted by molar-refractivity contribution is 6.57. The van der Waals surface area contributed by atoms with Crippen LogP contribution in [0, 0.1) is 0 Å². The Balaban J connectivity index is 1.89. The molecule has 0 aromatic carbocycles. The van der Waals surface area contributed by atoms with Crippen LogP contribution in [0.1, 0.15) is 81.1 Å². The molecule has 2 aliphatic heterocycles. The van der Waals surface area contributed by atoms with Crippen LogP contribution in [0.15, 0.2) is 0 Å². The second-order valence-electron chi connectivity index (χ2n) is 11.2. The van der Waals surface area contributed by atoms with E-state index in [1.807, 2.05) is 4.81 Å². The van der Waals surface area contributed by atoms with Crippen molar-refractivity contribution in [1.29, 1.82) is 0 Å². The first-order valence-corrected chi connectivity index (χ1v) is 11.2. The van der Waals surface area contributed by atoms with Crippen LogP contribution in [-0.4, -0.2) is 72.9 Å². The molecule has 27 heavy (non-hydrogen) atoms. The predicted molar refractivity (Wildman–Crippen MR) is 123 cm³/mol. The largest absolute Gasteiger partial charge is 0.349 e. The topological polar surface area (TPSA) is 9.72 Å². The second-order valence-corrected chi connectivity index (χ2v) is 11.2. The Kier molecular flexibility index (Phi) is 7.64. The van der Waals surface area contributed by atoms with E-state index in [2.05, 4.69) is 79.2 Å². The fourth-order valence-electron chi connectivity index (χ4n) is 5.44. The lowest BCUT2D eigenvalue weighted by Crippen LogP contribution is -2.49. The monoisotopic (exact) mass is 370 g/mol. The van der Waals surface area contributed by atoms with Crippen molar-refractivity contribution in [2.45, 2.75) is 123 Å². The molecule has 0 bridgehead atoms. The summed E-state index contributed by atoms with van der Waals surface area (Å²) in [4.78, 5) is 7.36. The van der Waals surface area contributed by atoms with E-state index in [0.29, 0.717) is 24.7 Å². The van der Waals surface area contributed by atoms with Gasteiger partial charge in [0.15, 0.2) is 7.98 Å². The van der Waals surface area contributed by atoms with Gasteiger partial charge in [-0.1, -0.05) is 27.6 Å². The Morgan fingerprint density at radius 3 is 2.26 bits per heavy atom. The van der Waals surface area contributed by atoms with Gasteiger partial charge in [0.25, 0.3) is 0 Å². The van der Waals surface area contributed by atoms with Gasteiger partial charge in [-0.25, -0.2) is 0 Å². The van der Waals surface area contributed by atoms with Crippen molar-refractivity contribution in [2.75, 3.05) is 13.1 Å². The Hall–Kier alpha value is 0.0748. The number of hydrogen-bond acceptors (Lipinski definition) is 3. The average Bonchev–Trinajstić information content (AvgIpc) is 3.13. The highest BCUT2D eigenvalue weighted by Gasteiger charge is 2.43.